The number of rotatable bonds is 0. The van der Waals surface area contributed by atoms with Gasteiger partial charge in [-0.2, -0.15) is 0 Å². The molecule has 0 aromatic rings. The van der Waals surface area contributed by atoms with E-state index in [1.54, 1.807) is 0 Å². The summed E-state index contributed by atoms with van der Waals surface area (Å²) in [5.41, 5.74) is 0. The average Bonchev–Trinajstić information content (AvgIpc) is 2.45. The maximum atomic E-state index is 4.94. The van der Waals surface area contributed by atoms with Crippen LogP contribution in [0.2, 0.25) is 0 Å². The number of hydrogen-bond acceptors (Lipinski definition) is 2. The summed E-state index contributed by atoms with van der Waals surface area (Å²) in [6.45, 7) is 35.6. The van der Waals surface area contributed by atoms with Crippen molar-refractivity contribution in [3.8, 4) is 0 Å². The van der Waals surface area contributed by atoms with E-state index in [0.717, 1.165) is 26.4 Å². The van der Waals surface area contributed by atoms with Crippen LogP contribution in [-0.4, -0.2) is 64.1 Å². The van der Waals surface area contributed by atoms with E-state index in [0.29, 0.717) is 0 Å². The van der Waals surface area contributed by atoms with Crippen LogP contribution in [0.3, 0.4) is 0 Å². The molecule has 1 aliphatic rings. The normalized spacial score (nSPS) is 9.75. The Kier molecular flexibility index (Phi) is 176. The van der Waals surface area contributed by atoms with Gasteiger partial charge in [0.2, 0.25) is 0 Å². The topological polar surface area (TPSA) is 18.5 Å². The van der Waals surface area contributed by atoms with E-state index in [9.17, 15) is 0 Å². The predicted molar refractivity (Wildman–Crippen MR) is 108 cm³/mol. The third-order valence-corrected chi connectivity index (χ3v) is 0.744. The van der Waals surface area contributed by atoms with Crippen LogP contribution in [0.4, 0.5) is 0 Å². The molecular weight excluding hydrogens is 418 g/mol. The summed E-state index contributed by atoms with van der Waals surface area (Å²) in [6.07, 6.45) is 7.50. The van der Waals surface area contributed by atoms with Crippen LogP contribution in [0, 0.1) is 142 Å². The molecule has 1 rings (SSSR count). The molecule has 1 saturated heterocycles. The Bertz CT molecular complexity index is 74.3. The van der Waals surface area contributed by atoms with Gasteiger partial charge in [0.1, 0.15) is 0 Å². The molecule has 127 valence electrons. The second-order valence-electron chi connectivity index (χ2n) is 2.67. The Hall–Kier alpha value is 2.47. The SMILES string of the molecule is C1COCCO1.[CH2][CH][CH2].[CH2][CH][CH2].[CH2][CH][CH2].[CH2][CH][CH2].[CH2][CH][CH2].[Li].[Li].[Nd]. The zero-order valence-electron chi connectivity index (χ0n) is 16.1. The molecule has 5 heteroatoms. The molecule has 0 bridgehead atoms. The minimum absolute atomic E-state index is 0. The van der Waals surface area contributed by atoms with Crippen LogP contribution in [0.15, 0.2) is 0 Å². The van der Waals surface area contributed by atoms with Gasteiger partial charge in [-0.05, 0) is 101 Å². The fourth-order valence-electron chi connectivity index (χ4n) is 0.440. The Morgan fingerprint density at radius 1 is 0.417 bits per heavy atom. The second kappa shape index (κ2) is 84.1. The fraction of sp³-hybridized carbons (Fsp3) is 0.211. The Balaban J connectivity index is -0.0000000216. The predicted octanol–water partition coefficient (Wildman–Crippen LogP) is 3.57. The van der Waals surface area contributed by atoms with Gasteiger partial charge in [-0.1, -0.05) is 0 Å². The van der Waals surface area contributed by atoms with Crippen molar-refractivity contribution in [2.45, 2.75) is 0 Å². The first-order valence-electron chi connectivity index (χ1n) is 6.24. The van der Waals surface area contributed by atoms with E-state index >= 15 is 0 Å². The van der Waals surface area contributed by atoms with Gasteiger partial charge in [-0.15, -0.1) is 0 Å². The third kappa shape index (κ3) is 188. The zero-order valence-corrected chi connectivity index (χ0v) is 19.3. The first kappa shape index (κ1) is 50.3. The van der Waals surface area contributed by atoms with Crippen LogP contribution < -0.4 is 0 Å². The van der Waals surface area contributed by atoms with E-state index in [2.05, 4.69) is 69.2 Å². The van der Waals surface area contributed by atoms with E-state index in [1.165, 1.54) is 32.1 Å². The van der Waals surface area contributed by atoms with Crippen molar-refractivity contribution >= 4 is 37.7 Å². The molecule has 1 aliphatic heterocycles. The summed E-state index contributed by atoms with van der Waals surface area (Å²) in [4.78, 5) is 0. The van der Waals surface area contributed by atoms with Gasteiger partial charge in [0, 0.05) is 78.6 Å². The molecule has 0 amide bonds. The summed E-state index contributed by atoms with van der Waals surface area (Å²) >= 11 is 0. The molecule has 0 aromatic carbocycles. The molecule has 0 atom stereocenters. The summed E-state index contributed by atoms with van der Waals surface area (Å²) < 4.78 is 9.89. The van der Waals surface area contributed by atoms with E-state index in [1.807, 2.05) is 0 Å². The molecule has 1 fully saturated rings. The van der Waals surface area contributed by atoms with Crippen molar-refractivity contribution in [3.63, 3.8) is 0 Å². The molecule has 0 aromatic heterocycles. The first-order chi connectivity index (χ1) is 10.1. The van der Waals surface area contributed by atoms with Crippen molar-refractivity contribution in [2.24, 2.45) is 0 Å². The van der Waals surface area contributed by atoms with Crippen LogP contribution in [0.5, 0.6) is 0 Å². The largest absolute Gasteiger partial charge is 0.377 e. The van der Waals surface area contributed by atoms with Crippen molar-refractivity contribution in [2.75, 3.05) is 26.4 Å². The molecule has 0 aliphatic carbocycles. The summed E-state index contributed by atoms with van der Waals surface area (Å²) in [5, 5.41) is 0. The van der Waals surface area contributed by atoms with Gasteiger partial charge in [0.15, 0.2) is 0 Å². The molecule has 0 unspecified atom stereocenters. The quantitative estimate of drug-likeness (QED) is 0.525. The minimum Gasteiger partial charge on any atom is -0.377 e. The summed E-state index contributed by atoms with van der Waals surface area (Å²) in [7, 11) is 0. The fourth-order valence-corrected chi connectivity index (χ4v) is 0.440. The van der Waals surface area contributed by atoms with Gasteiger partial charge in [-0.25, -0.2) is 0 Å². The smallest absolute Gasteiger partial charge is 0.0701 e. The molecule has 24 heavy (non-hydrogen) atoms. The molecular formula is C19H33Li2NdO2. The van der Waals surface area contributed by atoms with Crippen molar-refractivity contribution in [1.29, 1.82) is 0 Å². The van der Waals surface area contributed by atoms with Crippen molar-refractivity contribution in [1.82, 2.24) is 0 Å². The molecule has 1 heterocycles. The standard InChI is InChI=1S/C4H8O2.5C3H5.2Li.Nd/c1-2-6-4-3-5-1;5*1-3-2;;;/h1-4H2;5*3H,1-2H2;;;. The van der Waals surface area contributed by atoms with Crippen LogP contribution >= 0.6 is 0 Å². The Morgan fingerprint density at radius 3 is 0.542 bits per heavy atom. The minimum atomic E-state index is 0. The third-order valence-electron chi connectivity index (χ3n) is 0.744. The molecule has 2 nitrogen and oxygen atoms in total. The van der Waals surface area contributed by atoms with Crippen molar-refractivity contribution in [3.05, 3.63) is 101 Å². The first-order valence-corrected chi connectivity index (χ1v) is 6.24. The van der Waals surface area contributed by atoms with E-state index < -0.39 is 0 Å². The maximum Gasteiger partial charge on any atom is 0.0701 e. The van der Waals surface area contributed by atoms with Crippen molar-refractivity contribution < 1.29 is 50.3 Å². The average molecular weight is 452 g/mol. The molecule has 0 saturated carbocycles. The number of ether oxygens (including phenoxy) is 2. The van der Waals surface area contributed by atoms with Gasteiger partial charge >= 0.3 is 0 Å². The molecule has 17 radical (unpaired) electrons. The van der Waals surface area contributed by atoms with Crippen LogP contribution in [-0.2, 0) is 9.47 Å². The Morgan fingerprint density at radius 2 is 0.500 bits per heavy atom. The monoisotopic (exact) mass is 449 g/mol. The van der Waals surface area contributed by atoms with E-state index in [-0.39, 0.29) is 78.6 Å². The van der Waals surface area contributed by atoms with Crippen LogP contribution in [0.25, 0.3) is 0 Å². The van der Waals surface area contributed by atoms with Gasteiger partial charge in [0.05, 0.1) is 26.4 Å². The van der Waals surface area contributed by atoms with E-state index in [4.69, 9.17) is 9.47 Å². The van der Waals surface area contributed by atoms with Gasteiger partial charge < -0.3 is 9.47 Å². The molecule has 0 N–H and O–H groups in total. The summed E-state index contributed by atoms with van der Waals surface area (Å²) in [6, 6.07) is 0. The number of hydrogen-bond donors (Lipinski definition) is 0. The zero-order chi connectivity index (χ0) is 17.8. The molecule has 0 spiro atoms. The summed E-state index contributed by atoms with van der Waals surface area (Å²) in [5.74, 6) is 0. The second-order valence-corrected chi connectivity index (χ2v) is 2.67. The Labute approximate surface area is 213 Å². The van der Waals surface area contributed by atoms with Gasteiger partial charge in [-0.3, -0.25) is 0 Å². The van der Waals surface area contributed by atoms with Crippen LogP contribution in [0.1, 0.15) is 0 Å². The van der Waals surface area contributed by atoms with Gasteiger partial charge in [0.25, 0.3) is 0 Å². The maximum absolute atomic E-state index is 4.94.